The highest BCUT2D eigenvalue weighted by Crippen LogP contribution is 2.23. The van der Waals surface area contributed by atoms with E-state index in [1.54, 1.807) is 42.5 Å². The average molecular weight is 298 g/mol. The van der Waals surface area contributed by atoms with E-state index in [0.29, 0.717) is 21.9 Å². The van der Waals surface area contributed by atoms with Gasteiger partial charge in [-0.1, -0.05) is 29.8 Å². The Kier molecular flexibility index (Phi) is 3.46. The molecule has 0 radical (unpaired) electrons. The molecule has 5 heteroatoms. The number of hydrogen-bond acceptors (Lipinski definition) is 3. The molecule has 1 heterocycles. The Hall–Kier alpha value is -2.59. The van der Waals surface area contributed by atoms with Crippen molar-refractivity contribution in [3.05, 3.63) is 65.3 Å². The van der Waals surface area contributed by atoms with Crippen molar-refractivity contribution >= 4 is 34.0 Å². The molecule has 104 valence electrons. The summed E-state index contributed by atoms with van der Waals surface area (Å²) in [5.41, 5.74) is 7.69. The number of para-hydroxylation sites is 1. The minimum Gasteiger partial charge on any atom is -0.506 e. The molecule has 0 saturated heterocycles. The van der Waals surface area contributed by atoms with Crippen LogP contribution in [-0.2, 0) is 0 Å². The Balaban J connectivity index is 2.03. The fourth-order valence-electron chi connectivity index (χ4n) is 1.99. The maximum absolute atomic E-state index is 9.84. The summed E-state index contributed by atoms with van der Waals surface area (Å²) in [6.07, 6.45) is 0. The summed E-state index contributed by atoms with van der Waals surface area (Å²) < 4.78 is 0. The molecule has 0 atom stereocenters. The van der Waals surface area contributed by atoms with E-state index in [1.807, 2.05) is 12.1 Å². The first kappa shape index (κ1) is 13.4. The first-order valence-electron chi connectivity index (χ1n) is 6.32. The lowest BCUT2D eigenvalue weighted by molar-refractivity contribution is 0.480. The van der Waals surface area contributed by atoms with Gasteiger partial charge in [0.15, 0.2) is 0 Å². The number of nitrogens with zero attached hydrogens (tertiary/aromatic N) is 2. The van der Waals surface area contributed by atoms with Crippen LogP contribution in [0.3, 0.4) is 0 Å². The number of fused-ring (bicyclic) bond motifs is 1. The SMILES string of the molecule is NC(=Nc1ccc(Cl)cc1)c1ccc2cccc(O)c2n1. The topological polar surface area (TPSA) is 71.5 Å². The molecule has 3 N–H and O–H groups in total. The monoisotopic (exact) mass is 297 g/mol. The number of phenols is 1. The van der Waals surface area contributed by atoms with Gasteiger partial charge in [-0.05, 0) is 36.4 Å². The van der Waals surface area contributed by atoms with Crippen LogP contribution in [0.25, 0.3) is 10.9 Å². The summed E-state index contributed by atoms with van der Waals surface area (Å²) in [6, 6.07) is 15.9. The zero-order valence-corrected chi connectivity index (χ0v) is 11.7. The lowest BCUT2D eigenvalue weighted by Gasteiger charge is -2.04. The Morgan fingerprint density at radius 2 is 1.81 bits per heavy atom. The molecule has 0 fully saturated rings. The smallest absolute Gasteiger partial charge is 0.150 e. The van der Waals surface area contributed by atoms with Crippen molar-refractivity contribution in [3.63, 3.8) is 0 Å². The number of aromatic hydroxyl groups is 1. The third-order valence-electron chi connectivity index (χ3n) is 3.04. The van der Waals surface area contributed by atoms with E-state index in [-0.39, 0.29) is 11.6 Å². The van der Waals surface area contributed by atoms with E-state index in [2.05, 4.69) is 9.98 Å². The van der Waals surface area contributed by atoms with Crippen molar-refractivity contribution in [2.75, 3.05) is 0 Å². The molecule has 3 aromatic rings. The standard InChI is InChI=1S/C16H12ClN3O/c17-11-5-7-12(8-6-11)19-16(18)13-9-4-10-2-1-3-14(21)15(10)20-13/h1-9,21H,(H2,18,19). The summed E-state index contributed by atoms with van der Waals surface area (Å²) in [5.74, 6) is 0.399. The van der Waals surface area contributed by atoms with E-state index in [1.165, 1.54) is 0 Å². The second-order valence-electron chi connectivity index (χ2n) is 4.52. The summed E-state index contributed by atoms with van der Waals surface area (Å²) in [7, 11) is 0. The molecule has 0 aliphatic rings. The van der Waals surface area contributed by atoms with Gasteiger partial charge < -0.3 is 10.8 Å². The zero-order valence-electron chi connectivity index (χ0n) is 11.0. The number of nitrogens with two attached hydrogens (primary N) is 1. The van der Waals surface area contributed by atoms with Crippen LogP contribution in [0.1, 0.15) is 5.69 Å². The van der Waals surface area contributed by atoms with Crippen LogP contribution in [0, 0.1) is 0 Å². The fraction of sp³-hybridized carbons (Fsp3) is 0. The van der Waals surface area contributed by atoms with Gasteiger partial charge in [0.25, 0.3) is 0 Å². The average Bonchev–Trinajstić information content (AvgIpc) is 2.50. The highest BCUT2D eigenvalue weighted by atomic mass is 35.5. The van der Waals surface area contributed by atoms with Crippen LogP contribution in [-0.4, -0.2) is 15.9 Å². The van der Waals surface area contributed by atoms with E-state index in [4.69, 9.17) is 17.3 Å². The van der Waals surface area contributed by atoms with Crippen LogP contribution in [0.2, 0.25) is 5.02 Å². The van der Waals surface area contributed by atoms with Crippen molar-refractivity contribution in [1.29, 1.82) is 0 Å². The van der Waals surface area contributed by atoms with Gasteiger partial charge in [-0.15, -0.1) is 0 Å². The molecule has 0 aliphatic carbocycles. The maximum atomic E-state index is 9.84. The third-order valence-corrected chi connectivity index (χ3v) is 3.29. The second kappa shape index (κ2) is 5.42. The third kappa shape index (κ3) is 2.80. The molecular formula is C16H12ClN3O. The minimum atomic E-state index is 0.119. The van der Waals surface area contributed by atoms with Crippen LogP contribution in [0.4, 0.5) is 5.69 Å². The number of benzene rings is 2. The molecule has 4 nitrogen and oxygen atoms in total. The molecule has 0 bridgehead atoms. The van der Waals surface area contributed by atoms with E-state index >= 15 is 0 Å². The van der Waals surface area contributed by atoms with Crippen molar-refractivity contribution in [2.45, 2.75) is 0 Å². The van der Waals surface area contributed by atoms with Gasteiger partial charge in [0.05, 0.1) is 5.69 Å². The van der Waals surface area contributed by atoms with Gasteiger partial charge in [0.1, 0.15) is 22.8 Å². The van der Waals surface area contributed by atoms with Crippen molar-refractivity contribution in [3.8, 4) is 5.75 Å². The Labute approximate surface area is 126 Å². The van der Waals surface area contributed by atoms with Crippen LogP contribution in [0.15, 0.2) is 59.6 Å². The molecule has 1 aromatic heterocycles. The normalized spacial score (nSPS) is 11.8. The molecule has 0 saturated carbocycles. The van der Waals surface area contributed by atoms with Crippen LogP contribution < -0.4 is 5.73 Å². The summed E-state index contributed by atoms with van der Waals surface area (Å²) >= 11 is 5.83. The van der Waals surface area contributed by atoms with Gasteiger partial charge in [0, 0.05) is 10.4 Å². The summed E-state index contributed by atoms with van der Waals surface area (Å²) in [4.78, 5) is 8.66. The highest BCUT2D eigenvalue weighted by Gasteiger charge is 2.05. The van der Waals surface area contributed by atoms with Gasteiger partial charge in [-0.3, -0.25) is 0 Å². The number of aliphatic imine (C=N–C) groups is 1. The minimum absolute atomic E-state index is 0.119. The first-order chi connectivity index (χ1) is 10.1. The Morgan fingerprint density at radius 3 is 2.57 bits per heavy atom. The van der Waals surface area contributed by atoms with Gasteiger partial charge in [0.2, 0.25) is 0 Å². The number of phenolic OH excluding ortho intramolecular Hbond substituents is 1. The van der Waals surface area contributed by atoms with Gasteiger partial charge in [-0.25, -0.2) is 9.98 Å². The molecule has 0 aliphatic heterocycles. The van der Waals surface area contributed by atoms with E-state index in [0.717, 1.165) is 5.39 Å². The fourth-order valence-corrected chi connectivity index (χ4v) is 2.11. The van der Waals surface area contributed by atoms with E-state index in [9.17, 15) is 5.11 Å². The van der Waals surface area contributed by atoms with Gasteiger partial charge >= 0.3 is 0 Å². The maximum Gasteiger partial charge on any atom is 0.150 e. The Morgan fingerprint density at radius 1 is 1.05 bits per heavy atom. The van der Waals surface area contributed by atoms with Crippen LogP contribution in [0.5, 0.6) is 5.75 Å². The number of halogens is 1. The number of pyridine rings is 1. The molecule has 0 spiro atoms. The van der Waals surface area contributed by atoms with Crippen molar-refractivity contribution in [1.82, 2.24) is 4.98 Å². The lowest BCUT2D eigenvalue weighted by Crippen LogP contribution is -2.14. The number of amidine groups is 1. The number of rotatable bonds is 2. The highest BCUT2D eigenvalue weighted by molar-refractivity contribution is 6.30. The first-order valence-corrected chi connectivity index (χ1v) is 6.70. The van der Waals surface area contributed by atoms with Crippen molar-refractivity contribution in [2.24, 2.45) is 10.7 Å². The van der Waals surface area contributed by atoms with E-state index < -0.39 is 0 Å². The molecule has 2 aromatic carbocycles. The summed E-state index contributed by atoms with van der Waals surface area (Å²) in [5, 5.41) is 11.3. The molecule has 0 unspecified atom stereocenters. The molecular weight excluding hydrogens is 286 g/mol. The van der Waals surface area contributed by atoms with Gasteiger partial charge in [-0.2, -0.15) is 0 Å². The van der Waals surface area contributed by atoms with Crippen molar-refractivity contribution < 1.29 is 5.11 Å². The predicted molar refractivity (Wildman–Crippen MR) is 85.2 cm³/mol. The quantitative estimate of drug-likeness (QED) is 0.560. The molecule has 0 amide bonds. The summed E-state index contributed by atoms with van der Waals surface area (Å²) in [6.45, 7) is 0. The Bertz CT molecular complexity index is 829. The zero-order chi connectivity index (χ0) is 14.8. The second-order valence-corrected chi connectivity index (χ2v) is 4.96. The number of aromatic nitrogens is 1. The predicted octanol–water partition coefficient (Wildman–Crippen LogP) is 3.63. The lowest BCUT2D eigenvalue weighted by atomic mass is 10.2. The molecule has 21 heavy (non-hydrogen) atoms. The van der Waals surface area contributed by atoms with Crippen LogP contribution >= 0.6 is 11.6 Å². The molecule has 3 rings (SSSR count). The number of hydrogen-bond donors (Lipinski definition) is 2. The largest absolute Gasteiger partial charge is 0.506 e.